The summed E-state index contributed by atoms with van der Waals surface area (Å²) in [4.78, 5) is 38.6. The van der Waals surface area contributed by atoms with E-state index in [1.165, 1.54) is 16.8 Å². The average Bonchev–Trinajstić information content (AvgIpc) is 2.74. The third-order valence-electron chi connectivity index (χ3n) is 4.96. The number of nitrogens with one attached hydrogen (secondary N) is 1. The molecule has 1 fully saturated rings. The Balaban J connectivity index is 1.56. The summed E-state index contributed by atoms with van der Waals surface area (Å²) in [7, 11) is 0. The van der Waals surface area contributed by atoms with Gasteiger partial charge < -0.3 is 10.2 Å². The van der Waals surface area contributed by atoms with E-state index >= 15 is 0 Å². The second-order valence-electron chi connectivity index (χ2n) is 7.04. The number of hydrogen-bond acceptors (Lipinski definition) is 4. The highest BCUT2D eigenvalue weighted by Crippen LogP contribution is 2.14. The van der Waals surface area contributed by atoms with Gasteiger partial charge >= 0.3 is 0 Å². The molecule has 2 heterocycles. The fourth-order valence-electron chi connectivity index (χ4n) is 3.28. The number of rotatable bonds is 6. The van der Waals surface area contributed by atoms with Crippen LogP contribution in [0, 0.1) is 0 Å². The first-order valence-corrected chi connectivity index (χ1v) is 9.82. The number of nitrogens with zero attached hydrogens (tertiary/aromatic N) is 3. The van der Waals surface area contributed by atoms with E-state index in [1.807, 2.05) is 25.1 Å². The molecule has 0 aliphatic carbocycles. The summed E-state index contributed by atoms with van der Waals surface area (Å²) in [6.07, 6.45) is 3.19. The van der Waals surface area contributed by atoms with Gasteiger partial charge in [0.1, 0.15) is 5.69 Å². The van der Waals surface area contributed by atoms with Crippen LogP contribution >= 0.6 is 0 Å². The third kappa shape index (κ3) is 4.85. The largest absolute Gasteiger partial charge is 0.349 e. The van der Waals surface area contributed by atoms with Gasteiger partial charge in [-0.3, -0.25) is 14.4 Å². The van der Waals surface area contributed by atoms with Gasteiger partial charge in [0.15, 0.2) is 0 Å². The van der Waals surface area contributed by atoms with Gasteiger partial charge in [0.2, 0.25) is 0 Å². The molecule has 28 heavy (non-hydrogen) atoms. The molecule has 7 nitrogen and oxygen atoms in total. The zero-order valence-electron chi connectivity index (χ0n) is 16.1. The number of piperidine rings is 1. The van der Waals surface area contributed by atoms with Gasteiger partial charge in [-0.05, 0) is 37.5 Å². The van der Waals surface area contributed by atoms with E-state index in [1.54, 1.807) is 17.0 Å². The molecule has 1 aliphatic rings. The molecule has 0 bridgehead atoms. The molecule has 0 saturated carbocycles. The molecule has 2 amide bonds. The molecular weight excluding hydrogens is 356 g/mol. The van der Waals surface area contributed by atoms with Gasteiger partial charge in [-0.15, -0.1) is 0 Å². The molecule has 0 atom stereocenters. The maximum atomic E-state index is 12.7. The Morgan fingerprint density at radius 2 is 1.82 bits per heavy atom. The lowest BCUT2D eigenvalue weighted by molar-refractivity contribution is 0.0689. The van der Waals surface area contributed by atoms with Crippen LogP contribution in [0.5, 0.6) is 0 Å². The number of benzene rings is 1. The highest BCUT2D eigenvalue weighted by atomic mass is 16.2. The molecule has 1 aromatic carbocycles. The van der Waals surface area contributed by atoms with Crippen molar-refractivity contribution in [3.63, 3.8) is 0 Å². The van der Waals surface area contributed by atoms with Crippen molar-refractivity contribution in [1.29, 1.82) is 0 Å². The molecule has 1 aliphatic heterocycles. The Morgan fingerprint density at radius 1 is 1.11 bits per heavy atom. The number of aromatic nitrogens is 2. The number of aryl methyl sites for hydroxylation is 1. The highest BCUT2D eigenvalue weighted by Gasteiger charge is 2.25. The Labute approximate surface area is 164 Å². The average molecular weight is 382 g/mol. The summed E-state index contributed by atoms with van der Waals surface area (Å²) >= 11 is 0. The van der Waals surface area contributed by atoms with Crippen molar-refractivity contribution >= 4 is 11.8 Å². The Kier molecular flexibility index (Phi) is 6.57. The predicted molar refractivity (Wildman–Crippen MR) is 106 cm³/mol. The number of likely N-dealkylation sites (tertiary alicyclic amines) is 1. The summed E-state index contributed by atoms with van der Waals surface area (Å²) in [5.74, 6) is -0.256. The number of carbonyl (C=O) groups excluding carboxylic acids is 2. The summed E-state index contributed by atoms with van der Waals surface area (Å²) in [6.45, 7) is 3.66. The summed E-state index contributed by atoms with van der Waals surface area (Å²) in [5, 5.41) is 7.27. The van der Waals surface area contributed by atoms with Crippen molar-refractivity contribution in [2.24, 2.45) is 0 Å². The smallest absolute Gasteiger partial charge is 0.274 e. The molecule has 148 valence electrons. The Morgan fingerprint density at radius 3 is 2.50 bits per heavy atom. The minimum atomic E-state index is -0.188. The van der Waals surface area contributed by atoms with Gasteiger partial charge in [0, 0.05) is 37.3 Å². The van der Waals surface area contributed by atoms with Crippen LogP contribution in [0.2, 0.25) is 0 Å². The van der Waals surface area contributed by atoms with Crippen LogP contribution in [-0.2, 0) is 6.54 Å². The Bertz CT molecular complexity index is 871. The third-order valence-corrected chi connectivity index (χ3v) is 4.96. The van der Waals surface area contributed by atoms with Crippen molar-refractivity contribution < 1.29 is 9.59 Å². The van der Waals surface area contributed by atoms with Crippen LogP contribution in [0.25, 0.3) is 0 Å². The first kappa shape index (κ1) is 19.8. The van der Waals surface area contributed by atoms with E-state index in [9.17, 15) is 14.4 Å². The van der Waals surface area contributed by atoms with Gasteiger partial charge in [0.05, 0.1) is 0 Å². The van der Waals surface area contributed by atoms with E-state index in [0.717, 1.165) is 12.8 Å². The van der Waals surface area contributed by atoms with Gasteiger partial charge in [-0.25, -0.2) is 4.68 Å². The standard InChI is InChI=1S/C21H26N4O3/c1-2-3-13-25-19(26)10-9-18(23-25)21(28)24-14-11-17(12-15-24)22-20(27)16-7-5-4-6-8-16/h4-10,17H,2-3,11-15H2,1H3,(H,22,27). The fourth-order valence-corrected chi connectivity index (χ4v) is 3.28. The summed E-state index contributed by atoms with van der Waals surface area (Å²) in [5.41, 5.74) is 0.745. The van der Waals surface area contributed by atoms with Gasteiger partial charge in [-0.1, -0.05) is 31.5 Å². The summed E-state index contributed by atoms with van der Waals surface area (Å²) < 4.78 is 1.36. The van der Waals surface area contributed by atoms with E-state index in [0.29, 0.717) is 43.7 Å². The summed E-state index contributed by atoms with van der Waals surface area (Å²) in [6, 6.07) is 12.1. The lowest BCUT2D eigenvalue weighted by atomic mass is 10.0. The van der Waals surface area contributed by atoms with Crippen molar-refractivity contribution in [2.75, 3.05) is 13.1 Å². The van der Waals surface area contributed by atoms with E-state index in [-0.39, 0.29) is 23.4 Å². The molecule has 0 radical (unpaired) electrons. The molecule has 0 spiro atoms. The number of unbranched alkanes of at least 4 members (excludes halogenated alkanes) is 1. The van der Waals surface area contributed by atoms with Crippen LogP contribution in [0.3, 0.4) is 0 Å². The first-order valence-electron chi connectivity index (χ1n) is 9.82. The first-order chi connectivity index (χ1) is 13.6. The number of amides is 2. The minimum absolute atomic E-state index is 0.0447. The van der Waals surface area contributed by atoms with Crippen LogP contribution in [-0.4, -0.2) is 45.6 Å². The molecule has 1 aromatic heterocycles. The minimum Gasteiger partial charge on any atom is -0.349 e. The van der Waals surface area contributed by atoms with Crippen LogP contribution in [0.4, 0.5) is 0 Å². The zero-order valence-corrected chi connectivity index (χ0v) is 16.1. The molecular formula is C21H26N4O3. The topological polar surface area (TPSA) is 84.3 Å². The zero-order chi connectivity index (χ0) is 19.9. The predicted octanol–water partition coefficient (Wildman–Crippen LogP) is 2.08. The maximum absolute atomic E-state index is 12.7. The number of carbonyl (C=O) groups is 2. The van der Waals surface area contributed by atoms with Crippen molar-refractivity contribution in [1.82, 2.24) is 20.0 Å². The normalized spacial score (nSPS) is 14.7. The molecule has 3 rings (SSSR count). The van der Waals surface area contributed by atoms with Gasteiger partial charge in [0.25, 0.3) is 17.4 Å². The second kappa shape index (κ2) is 9.30. The lowest BCUT2D eigenvalue weighted by Gasteiger charge is -2.32. The monoisotopic (exact) mass is 382 g/mol. The molecule has 1 saturated heterocycles. The lowest BCUT2D eigenvalue weighted by Crippen LogP contribution is -2.47. The number of hydrogen-bond donors (Lipinski definition) is 1. The van der Waals surface area contributed by atoms with Crippen molar-refractivity contribution in [3.05, 3.63) is 64.1 Å². The second-order valence-corrected chi connectivity index (χ2v) is 7.04. The van der Waals surface area contributed by atoms with E-state index < -0.39 is 0 Å². The van der Waals surface area contributed by atoms with E-state index in [4.69, 9.17) is 0 Å². The van der Waals surface area contributed by atoms with Crippen molar-refractivity contribution in [2.45, 2.75) is 45.2 Å². The molecule has 7 heteroatoms. The van der Waals surface area contributed by atoms with Crippen molar-refractivity contribution in [3.8, 4) is 0 Å². The van der Waals surface area contributed by atoms with E-state index in [2.05, 4.69) is 10.4 Å². The SMILES string of the molecule is CCCCn1nc(C(=O)N2CCC(NC(=O)c3ccccc3)CC2)ccc1=O. The van der Waals surface area contributed by atoms with Gasteiger partial charge in [-0.2, -0.15) is 5.10 Å². The molecule has 1 N–H and O–H groups in total. The maximum Gasteiger partial charge on any atom is 0.274 e. The fraction of sp³-hybridized carbons (Fsp3) is 0.429. The quantitative estimate of drug-likeness (QED) is 0.829. The Hall–Kier alpha value is -2.96. The van der Waals surface area contributed by atoms with Crippen LogP contribution in [0.15, 0.2) is 47.3 Å². The van der Waals surface area contributed by atoms with Crippen LogP contribution < -0.4 is 10.9 Å². The molecule has 2 aromatic rings. The highest BCUT2D eigenvalue weighted by molar-refractivity contribution is 5.94. The molecule has 0 unspecified atom stereocenters. The van der Waals surface area contributed by atoms with Crippen LogP contribution in [0.1, 0.15) is 53.5 Å².